The van der Waals surface area contributed by atoms with Crippen LogP contribution in [0.15, 0.2) is 48.1 Å². The number of esters is 3. The van der Waals surface area contributed by atoms with Crippen molar-refractivity contribution in [3.8, 4) is 0 Å². The maximum atomic E-state index is 12.5. The SMILES string of the molecule is C=C1C(=O)OC2C=C(C)C3(C)C=CC(C)(CC(OC(=O)CC=CCOC(C)=O)C12)O3. The van der Waals surface area contributed by atoms with E-state index in [4.69, 9.17) is 18.9 Å². The lowest BCUT2D eigenvalue weighted by Gasteiger charge is -2.34. The lowest BCUT2D eigenvalue weighted by molar-refractivity contribution is -0.155. The van der Waals surface area contributed by atoms with Crippen molar-refractivity contribution in [3.05, 3.63) is 48.1 Å². The molecule has 1 fully saturated rings. The fourth-order valence-corrected chi connectivity index (χ4v) is 4.07. The second-order valence-electron chi connectivity index (χ2n) is 8.34. The van der Waals surface area contributed by atoms with Crippen LogP contribution in [0.25, 0.3) is 0 Å². The first-order valence-corrected chi connectivity index (χ1v) is 10.00. The monoisotopic (exact) mass is 416 g/mol. The third-order valence-electron chi connectivity index (χ3n) is 5.78. The molecular formula is C23H28O7. The molecule has 0 aromatic rings. The van der Waals surface area contributed by atoms with E-state index in [1.54, 1.807) is 12.2 Å². The minimum atomic E-state index is -0.666. The Morgan fingerprint density at radius 1 is 1.30 bits per heavy atom. The molecule has 3 aliphatic heterocycles. The lowest BCUT2D eigenvalue weighted by Crippen LogP contribution is -2.40. The van der Waals surface area contributed by atoms with Gasteiger partial charge in [-0.25, -0.2) is 4.79 Å². The Morgan fingerprint density at radius 3 is 2.73 bits per heavy atom. The first-order chi connectivity index (χ1) is 14.0. The third-order valence-corrected chi connectivity index (χ3v) is 5.78. The zero-order valence-corrected chi connectivity index (χ0v) is 17.8. The Hall–Kier alpha value is -2.67. The van der Waals surface area contributed by atoms with Gasteiger partial charge in [0.25, 0.3) is 0 Å². The first-order valence-electron chi connectivity index (χ1n) is 10.00. The molecule has 0 saturated carbocycles. The fourth-order valence-electron chi connectivity index (χ4n) is 4.07. The third kappa shape index (κ3) is 4.56. The average molecular weight is 416 g/mol. The zero-order valence-electron chi connectivity index (χ0n) is 17.8. The highest BCUT2D eigenvalue weighted by Crippen LogP contribution is 2.45. The summed E-state index contributed by atoms with van der Waals surface area (Å²) in [5, 5.41) is 0. The van der Waals surface area contributed by atoms with Gasteiger partial charge in [0, 0.05) is 18.9 Å². The van der Waals surface area contributed by atoms with Crippen LogP contribution in [-0.2, 0) is 33.3 Å². The number of hydrogen-bond donors (Lipinski definition) is 0. The van der Waals surface area contributed by atoms with Crippen molar-refractivity contribution >= 4 is 17.9 Å². The lowest BCUT2D eigenvalue weighted by atomic mass is 9.83. The van der Waals surface area contributed by atoms with E-state index < -0.39 is 47.2 Å². The Bertz CT molecular complexity index is 852. The van der Waals surface area contributed by atoms with Gasteiger partial charge in [-0.1, -0.05) is 30.9 Å². The molecule has 3 aliphatic rings. The fraction of sp³-hybridized carbons (Fsp3) is 0.522. The van der Waals surface area contributed by atoms with Crippen LogP contribution in [0.5, 0.6) is 0 Å². The molecule has 0 radical (unpaired) electrons. The predicted octanol–water partition coefficient (Wildman–Crippen LogP) is 2.96. The van der Waals surface area contributed by atoms with Gasteiger partial charge >= 0.3 is 17.9 Å². The van der Waals surface area contributed by atoms with Gasteiger partial charge in [-0.2, -0.15) is 0 Å². The van der Waals surface area contributed by atoms with E-state index in [2.05, 4.69) is 6.58 Å². The van der Waals surface area contributed by atoms with Crippen LogP contribution in [0, 0.1) is 5.92 Å². The molecule has 162 valence electrons. The van der Waals surface area contributed by atoms with Gasteiger partial charge in [-0.15, -0.1) is 0 Å². The largest absolute Gasteiger partial charge is 0.462 e. The van der Waals surface area contributed by atoms with E-state index >= 15 is 0 Å². The van der Waals surface area contributed by atoms with Crippen molar-refractivity contribution < 1.29 is 33.3 Å². The normalized spacial score (nSPS) is 35.2. The van der Waals surface area contributed by atoms with E-state index in [1.807, 2.05) is 39.0 Å². The van der Waals surface area contributed by atoms with Crippen LogP contribution < -0.4 is 0 Å². The van der Waals surface area contributed by atoms with Crippen molar-refractivity contribution in [2.45, 2.75) is 63.9 Å². The number of carbonyl (C=O) groups is 3. The molecule has 0 aromatic carbocycles. The Labute approximate surface area is 176 Å². The Balaban J connectivity index is 1.80. The summed E-state index contributed by atoms with van der Waals surface area (Å²) >= 11 is 0. The molecule has 3 rings (SSSR count). The number of rotatable bonds is 5. The van der Waals surface area contributed by atoms with Gasteiger partial charge < -0.3 is 18.9 Å². The van der Waals surface area contributed by atoms with Crippen molar-refractivity contribution in [2.24, 2.45) is 5.92 Å². The highest BCUT2D eigenvalue weighted by atomic mass is 16.6. The second-order valence-corrected chi connectivity index (χ2v) is 8.34. The highest BCUT2D eigenvalue weighted by Gasteiger charge is 2.51. The second kappa shape index (κ2) is 8.22. The van der Waals surface area contributed by atoms with Crippen LogP contribution in [0.3, 0.4) is 0 Å². The van der Waals surface area contributed by atoms with Crippen LogP contribution in [-0.4, -0.2) is 47.9 Å². The smallest absolute Gasteiger partial charge is 0.334 e. The molecule has 30 heavy (non-hydrogen) atoms. The zero-order chi connectivity index (χ0) is 22.1. The maximum absolute atomic E-state index is 12.5. The Kier molecular flexibility index (Phi) is 6.04. The molecule has 0 spiro atoms. The molecule has 5 unspecified atom stereocenters. The summed E-state index contributed by atoms with van der Waals surface area (Å²) in [5.74, 6) is -1.82. The van der Waals surface area contributed by atoms with Crippen molar-refractivity contribution in [1.29, 1.82) is 0 Å². The minimum Gasteiger partial charge on any atom is -0.462 e. The minimum absolute atomic E-state index is 0.0103. The first kappa shape index (κ1) is 22.0. The van der Waals surface area contributed by atoms with Crippen molar-refractivity contribution in [3.63, 3.8) is 0 Å². The van der Waals surface area contributed by atoms with Crippen LogP contribution in [0.2, 0.25) is 0 Å². The standard InChI is InChI=1S/C23H28O7/c1-14-12-17-20(15(2)21(26)29-17)18(13-22(4)9-10-23(14,5)30-22)28-19(25)8-6-7-11-27-16(3)24/h6-7,9-10,12,17-18,20H,2,8,11,13H2,1,3-5H3. The number of carbonyl (C=O) groups excluding carboxylic acids is 3. The predicted molar refractivity (Wildman–Crippen MR) is 108 cm³/mol. The van der Waals surface area contributed by atoms with Gasteiger partial charge in [0.05, 0.1) is 17.9 Å². The van der Waals surface area contributed by atoms with Gasteiger partial charge in [0.15, 0.2) is 0 Å². The molecule has 0 aromatic heterocycles. The Morgan fingerprint density at radius 2 is 2.03 bits per heavy atom. The number of ether oxygens (including phenoxy) is 4. The number of fused-ring (bicyclic) bond motifs is 3. The quantitative estimate of drug-likeness (QED) is 0.295. The molecule has 5 atom stereocenters. The molecular weight excluding hydrogens is 388 g/mol. The van der Waals surface area contributed by atoms with Crippen LogP contribution in [0.4, 0.5) is 0 Å². The summed E-state index contributed by atoms with van der Waals surface area (Å²) in [6.07, 6.45) is 8.14. The average Bonchev–Trinajstić information content (AvgIpc) is 3.11. The molecule has 0 N–H and O–H groups in total. The van der Waals surface area contributed by atoms with E-state index in [1.165, 1.54) is 6.92 Å². The molecule has 1 saturated heterocycles. The molecule has 0 aliphatic carbocycles. The summed E-state index contributed by atoms with van der Waals surface area (Å²) in [5.41, 5.74) is -0.0718. The maximum Gasteiger partial charge on any atom is 0.334 e. The van der Waals surface area contributed by atoms with E-state index in [-0.39, 0.29) is 13.0 Å². The number of hydrogen-bond acceptors (Lipinski definition) is 7. The topological polar surface area (TPSA) is 88.1 Å². The van der Waals surface area contributed by atoms with Gasteiger partial charge in [-0.05, 0) is 32.4 Å². The van der Waals surface area contributed by atoms with E-state index in [0.29, 0.717) is 12.0 Å². The molecule has 3 heterocycles. The van der Waals surface area contributed by atoms with Crippen molar-refractivity contribution in [2.75, 3.05) is 6.61 Å². The molecule has 7 nitrogen and oxygen atoms in total. The van der Waals surface area contributed by atoms with E-state index in [9.17, 15) is 14.4 Å². The molecule has 2 bridgehead atoms. The van der Waals surface area contributed by atoms with Crippen LogP contribution in [0.1, 0.15) is 40.5 Å². The summed E-state index contributed by atoms with van der Waals surface area (Å²) in [6.45, 7) is 11.1. The molecule has 7 heteroatoms. The highest BCUT2D eigenvalue weighted by molar-refractivity contribution is 5.91. The summed E-state index contributed by atoms with van der Waals surface area (Å²) in [7, 11) is 0. The summed E-state index contributed by atoms with van der Waals surface area (Å²) < 4.78 is 22.4. The summed E-state index contributed by atoms with van der Waals surface area (Å²) in [6, 6.07) is 0. The van der Waals surface area contributed by atoms with Gasteiger partial charge in [-0.3, -0.25) is 9.59 Å². The van der Waals surface area contributed by atoms with Crippen molar-refractivity contribution in [1.82, 2.24) is 0 Å². The van der Waals surface area contributed by atoms with Crippen LogP contribution >= 0.6 is 0 Å². The molecule has 0 amide bonds. The summed E-state index contributed by atoms with van der Waals surface area (Å²) in [4.78, 5) is 35.5. The van der Waals surface area contributed by atoms with E-state index in [0.717, 1.165) is 5.57 Å². The van der Waals surface area contributed by atoms with Gasteiger partial charge in [0.2, 0.25) is 0 Å². The van der Waals surface area contributed by atoms with Gasteiger partial charge in [0.1, 0.15) is 24.4 Å².